The molecular formula is C36H38N10O4S2. The van der Waals surface area contributed by atoms with Crippen LogP contribution in [0.5, 0.6) is 0 Å². The number of anilines is 2. The third kappa shape index (κ3) is 9.48. The largest absolute Gasteiger partial charge is 0.352 e. The molecule has 52 heavy (non-hydrogen) atoms. The Morgan fingerprint density at radius 1 is 0.808 bits per heavy atom. The van der Waals surface area contributed by atoms with Crippen molar-refractivity contribution in [1.82, 2.24) is 30.0 Å². The van der Waals surface area contributed by atoms with Crippen LogP contribution in [-0.2, 0) is 9.59 Å². The lowest BCUT2D eigenvalue weighted by molar-refractivity contribution is -0.120. The van der Waals surface area contributed by atoms with Crippen LogP contribution in [0.4, 0.5) is 10.3 Å². The van der Waals surface area contributed by atoms with Crippen LogP contribution in [0.2, 0.25) is 0 Å². The smallest absolute Gasteiger partial charge is 0.253 e. The molecule has 2 aliphatic heterocycles. The van der Waals surface area contributed by atoms with Crippen LogP contribution in [0.15, 0.2) is 60.9 Å². The Bertz CT molecular complexity index is 2010. The average molecular weight is 739 g/mol. The molecule has 0 unspecified atom stereocenters. The summed E-state index contributed by atoms with van der Waals surface area (Å²) in [6.07, 6.45) is 8.86. The molecule has 0 spiro atoms. The van der Waals surface area contributed by atoms with Crippen molar-refractivity contribution < 1.29 is 19.2 Å². The van der Waals surface area contributed by atoms with Crippen LogP contribution < -0.4 is 16.0 Å². The van der Waals surface area contributed by atoms with Gasteiger partial charge in [-0.05, 0) is 55.2 Å². The van der Waals surface area contributed by atoms with E-state index in [0.29, 0.717) is 67.0 Å². The van der Waals surface area contributed by atoms with Gasteiger partial charge in [-0.15, -0.1) is 0 Å². The molecule has 2 aromatic carbocycles. The van der Waals surface area contributed by atoms with Crippen molar-refractivity contribution in [3.05, 3.63) is 72.1 Å². The maximum absolute atomic E-state index is 12.3. The predicted octanol–water partition coefficient (Wildman–Crippen LogP) is 4.55. The highest BCUT2D eigenvalue weighted by atomic mass is 32.1. The van der Waals surface area contributed by atoms with Gasteiger partial charge in [-0.2, -0.15) is 10.5 Å². The summed E-state index contributed by atoms with van der Waals surface area (Å²) in [6.45, 7) is 4.59. The van der Waals surface area contributed by atoms with E-state index in [9.17, 15) is 19.2 Å². The summed E-state index contributed by atoms with van der Waals surface area (Å²) in [6, 6.07) is 14.6. The lowest BCUT2D eigenvalue weighted by Gasteiger charge is -2.10. The highest BCUT2D eigenvalue weighted by molar-refractivity contribution is 7.19. The van der Waals surface area contributed by atoms with Crippen molar-refractivity contribution in [1.29, 1.82) is 10.5 Å². The van der Waals surface area contributed by atoms with Crippen molar-refractivity contribution in [2.75, 3.05) is 57.5 Å². The molecule has 2 saturated heterocycles. The Morgan fingerprint density at radius 3 is 1.73 bits per heavy atom. The fraction of sp³-hybridized carbons (Fsp3) is 0.333. The highest BCUT2D eigenvalue weighted by Crippen LogP contribution is 2.32. The zero-order valence-corrected chi connectivity index (χ0v) is 30.6. The van der Waals surface area contributed by atoms with Gasteiger partial charge in [-0.3, -0.25) is 19.2 Å². The Balaban J connectivity index is 0.000000201. The first-order valence-electron chi connectivity index (χ1n) is 16.6. The van der Waals surface area contributed by atoms with E-state index in [2.05, 4.69) is 38.3 Å². The summed E-state index contributed by atoms with van der Waals surface area (Å²) in [4.78, 5) is 63.7. The van der Waals surface area contributed by atoms with Crippen molar-refractivity contribution in [3.63, 3.8) is 0 Å². The van der Waals surface area contributed by atoms with Gasteiger partial charge in [0.1, 0.15) is 0 Å². The van der Waals surface area contributed by atoms with Crippen LogP contribution in [0.25, 0.3) is 20.9 Å². The molecule has 0 radical (unpaired) electrons. The average Bonchev–Trinajstić information content (AvgIpc) is 3.99. The third-order valence-corrected chi connectivity index (χ3v) is 10.3. The van der Waals surface area contributed by atoms with Crippen LogP contribution in [-0.4, -0.2) is 95.1 Å². The molecule has 16 heteroatoms. The number of hydrogen-bond donors (Lipinski definition) is 3. The van der Waals surface area contributed by atoms with E-state index in [1.54, 1.807) is 48.4 Å². The zero-order valence-electron chi connectivity index (χ0n) is 29.0. The first-order chi connectivity index (χ1) is 25.1. The third-order valence-electron chi connectivity index (χ3n) is 8.42. The van der Waals surface area contributed by atoms with Gasteiger partial charge in [-0.25, -0.2) is 9.97 Å². The number of benzene rings is 2. The molecule has 6 rings (SSSR count). The SMILES string of the molecule is CCNC(=O)c1cccc(-c2cnc(NC(=O)[C@H]3CCN(C#N)C3)s2)c1.CN(C)C(=O)c1cccc(-c2cnc(NC(=O)[C@H]3CCN(C#N)C3)s2)c1. The molecule has 2 fully saturated rings. The second-order valence-electron chi connectivity index (χ2n) is 12.3. The van der Waals surface area contributed by atoms with Crippen LogP contribution in [0.1, 0.15) is 40.5 Å². The van der Waals surface area contributed by atoms with Gasteiger partial charge in [0.05, 0.1) is 21.6 Å². The van der Waals surface area contributed by atoms with Crippen molar-refractivity contribution in [3.8, 4) is 33.3 Å². The molecule has 2 atom stereocenters. The van der Waals surface area contributed by atoms with Crippen LogP contribution >= 0.6 is 22.7 Å². The van der Waals surface area contributed by atoms with Gasteiger partial charge >= 0.3 is 0 Å². The molecule has 0 aliphatic carbocycles. The monoisotopic (exact) mass is 738 g/mol. The number of carbonyl (C=O) groups excluding carboxylic acids is 4. The van der Waals surface area contributed by atoms with Gasteiger partial charge in [0, 0.05) is 70.3 Å². The lowest BCUT2D eigenvalue weighted by Crippen LogP contribution is -2.25. The summed E-state index contributed by atoms with van der Waals surface area (Å²) in [5.74, 6) is -0.783. The van der Waals surface area contributed by atoms with Gasteiger partial charge in [-0.1, -0.05) is 46.9 Å². The molecule has 0 bridgehead atoms. The lowest BCUT2D eigenvalue weighted by atomic mass is 10.1. The summed E-state index contributed by atoms with van der Waals surface area (Å²) in [7, 11) is 3.43. The number of nitrogens with one attached hydrogen (secondary N) is 3. The predicted molar refractivity (Wildman–Crippen MR) is 199 cm³/mol. The Hall–Kier alpha value is -5.84. The number of nitriles is 2. The molecule has 4 amide bonds. The second kappa shape index (κ2) is 17.4. The topological polar surface area (TPSA) is 187 Å². The minimum Gasteiger partial charge on any atom is -0.352 e. The number of hydrogen-bond acceptors (Lipinski definition) is 12. The van der Waals surface area contributed by atoms with Crippen molar-refractivity contribution in [2.24, 2.45) is 11.8 Å². The van der Waals surface area contributed by atoms with E-state index >= 15 is 0 Å². The normalized spacial score (nSPS) is 16.2. The number of aromatic nitrogens is 2. The number of thiazole rings is 2. The molecule has 2 aliphatic rings. The van der Waals surface area contributed by atoms with Gasteiger partial charge in [0.15, 0.2) is 22.6 Å². The molecule has 268 valence electrons. The molecule has 4 aromatic rings. The Morgan fingerprint density at radius 2 is 1.29 bits per heavy atom. The van der Waals surface area contributed by atoms with Crippen LogP contribution in [0.3, 0.4) is 0 Å². The fourth-order valence-corrected chi connectivity index (χ4v) is 7.25. The van der Waals surface area contributed by atoms with E-state index in [-0.39, 0.29) is 35.5 Å². The molecule has 2 aromatic heterocycles. The fourth-order valence-electron chi connectivity index (χ4n) is 5.62. The minimum atomic E-state index is -0.192. The van der Waals surface area contributed by atoms with E-state index in [4.69, 9.17) is 10.5 Å². The molecule has 3 N–H and O–H groups in total. The molecule has 14 nitrogen and oxygen atoms in total. The van der Waals surface area contributed by atoms with E-state index in [1.807, 2.05) is 43.3 Å². The van der Waals surface area contributed by atoms with E-state index in [1.165, 1.54) is 27.6 Å². The van der Waals surface area contributed by atoms with Gasteiger partial charge in [0.25, 0.3) is 11.8 Å². The standard InChI is InChI=1S/2C18H19N5O2S/c1-22(2)17(25)13-5-3-4-12(8-13)15-9-20-18(26-15)21-16(24)14-6-7-23(10-14)11-19;1-2-20-16(24)13-5-3-4-12(8-13)15-9-21-18(26-15)22-17(25)14-6-7-23(10-14)11-19/h3-5,8-9,14H,6-7,10H2,1-2H3,(H,20,21,24);3-5,8-9,14H,2,6-7,10H2,1H3,(H,20,24)(H,21,22,25)/t2*14-/m00/s1. The van der Waals surface area contributed by atoms with Crippen molar-refractivity contribution >= 4 is 56.6 Å². The number of rotatable bonds is 9. The highest BCUT2D eigenvalue weighted by Gasteiger charge is 2.29. The van der Waals surface area contributed by atoms with E-state index in [0.717, 1.165) is 20.9 Å². The van der Waals surface area contributed by atoms with Gasteiger partial charge < -0.3 is 30.7 Å². The van der Waals surface area contributed by atoms with Crippen LogP contribution in [0, 0.1) is 34.7 Å². The Kier molecular flexibility index (Phi) is 12.5. The first-order valence-corrected chi connectivity index (χ1v) is 18.2. The zero-order chi connectivity index (χ0) is 37.2. The van der Waals surface area contributed by atoms with E-state index < -0.39 is 0 Å². The number of likely N-dealkylation sites (tertiary alicyclic amines) is 2. The number of carbonyl (C=O) groups is 4. The number of amides is 4. The molecule has 4 heterocycles. The summed E-state index contributed by atoms with van der Waals surface area (Å²) >= 11 is 2.72. The molecular weight excluding hydrogens is 701 g/mol. The Labute approximate surface area is 309 Å². The van der Waals surface area contributed by atoms with Gasteiger partial charge in [0.2, 0.25) is 11.8 Å². The number of nitrogens with zero attached hydrogens (tertiary/aromatic N) is 7. The quantitative estimate of drug-likeness (QED) is 0.206. The maximum atomic E-state index is 12.3. The minimum absolute atomic E-state index is 0.0619. The molecule has 0 saturated carbocycles. The summed E-state index contributed by atoms with van der Waals surface area (Å²) in [5.41, 5.74) is 2.95. The summed E-state index contributed by atoms with van der Waals surface area (Å²) < 4.78 is 0. The van der Waals surface area contributed by atoms with Crippen molar-refractivity contribution in [2.45, 2.75) is 19.8 Å². The first kappa shape index (κ1) is 37.4. The summed E-state index contributed by atoms with van der Waals surface area (Å²) in [5, 5.41) is 27.2. The second-order valence-corrected chi connectivity index (χ2v) is 14.4. The maximum Gasteiger partial charge on any atom is 0.253 e.